The number of anilines is 1. The van der Waals surface area contributed by atoms with Gasteiger partial charge in [0.05, 0.1) is 11.3 Å². The molecular weight excluding hydrogens is 346 g/mol. The molecule has 1 aliphatic carbocycles. The molecule has 7 nitrogen and oxygen atoms in total. The van der Waals surface area contributed by atoms with Crippen LogP contribution in [0.15, 0.2) is 5.16 Å². The maximum atomic E-state index is 12.2. The minimum Gasteiger partial charge on any atom is -0.365 e. The Morgan fingerprint density at radius 3 is 2.83 bits per heavy atom. The third-order valence-corrected chi connectivity index (χ3v) is 6.22. The van der Waals surface area contributed by atoms with Crippen LogP contribution in [0.4, 0.5) is 5.00 Å². The van der Waals surface area contributed by atoms with Crippen molar-refractivity contribution in [3.63, 3.8) is 0 Å². The van der Waals surface area contributed by atoms with Crippen molar-refractivity contribution in [3.05, 3.63) is 21.8 Å². The maximum Gasteiger partial charge on any atom is 0.251 e. The standard InChI is InChI=1S/C15H19N5O2S2/c1-3-10-18-19-15(20(10)2)23-7-11(21)17-14-12(13(16)22)8-5-4-6-9(8)24-14/h3-7H2,1-2H3,(H2,16,22)(H,17,21). The molecule has 2 aromatic heterocycles. The van der Waals surface area contributed by atoms with Gasteiger partial charge < -0.3 is 15.6 Å². The van der Waals surface area contributed by atoms with Gasteiger partial charge in [-0.25, -0.2) is 0 Å². The summed E-state index contributed by atoms with van der Waals surface area (Å²) in [7, 11) is 1.88. The summed E-state index contributed by atoms with van der Waals surface area (Å²) in [5.74, 6) is 0.432. The Hall–Kier alpha value is -1.87. The van der Waals surface area contributed by atoms with Crippen molar-refractivity contribution in [1.82, 2.24) is 14.8 Å². The van der Waals surface area contributed by atoms with Gasteiger partial charge in [-0.1, -0.05) is 18.7 Å². The number of rotatable bonds is 6. The Morgan fingerprint density at radius 1 is 1.38 bits per heavy atom. The van der Waals surface area contributed by atoms with Crippen molar-refractivity contribution in [2.75, 3.05) is 11.1 Å². The van der Waals surface area contributed by atoms with Crippen LogP contribution in [-0.2, 0) is 31.1 Å². The highest BCUT2D eigenvalue weighted by molar-refractivity contribution is 7.99. The number of hydrogen-bond donors (Lipinski definition) is 2. The molecule has 0 spiro atoms. The molecule has 128 valence electrons. The van der Waals surface area contributed by atoms with Gasteiger partial charge in [0.2, 0.25) is 5.91 Å². The zero-order valence-electron chi connectivity index (χ0n) is 13.6. The van der Waals surface area contributed by atoms with E-state index in [0.717, 1.165) is 41.9 Å². The van der Waals surface area contributed by atoms with Crippen molar-refractivity contribution < 1.29 is 9.59 Å². The topological polar surface area (TPSA) is 103 Å². The van der Waals surface area contributed by atoms with E-state index in [0.29, 0.717) is 15.7 Å². The van der Waals surface area contributed by atoms with Crippen LogP contribution in [-0.4, -0.2) is 32.3 Å². The van der Waals surface area contributed by atoms with Gasteiger partial charge in [-0.05, 0) is 24.8 Å². The number of nitrogens with one attached hydrogen (secondary N) is 1. The Balaban J connectivity index is 1.67. The minimum absolute atomic E-state index is 0.177. The molecule has 9 heteroatoms. The first-order chi connectivity index (χ1) is 11.5. The summed E-state index contributed by atoms with van der Waals surface area (Å²) in [6, 6.07) is 0. The van der Waals surface area contributed by atoms with Crippen LogP contribution in [0.2, 0.25) is 0 Å². The Kier molecular flexibility index (Phi) is 4.91. The van der Waals surface area contributed by atoms with Crippen molar-refractivity contribution in [2.24, 2.45) is 12.8 Å². The third kappa shape index (κ3) is 3.18. The van der Waals surface area contributed by atoms with Gasteiger partial charge in [0.25, 0.3) is 5.91 Å². The van der Waals surface area contributed by atoms with Crippen LogP contribution < -0.4 is 11.1 Å². The first-order valence-electron chi connectivity index (χ1n) is 7.76. The van der Waals surface area contributed by atoms with E-state index >= 15 is 0 Å². The van der Waals surface area contributed by atoms with E-state index in [4.69, 9.17) is 5.73 Å². The molecule has 3 rings (SSSR count). The number of aryl methyl sites for hydroxylation is 2. The van der Waals surface area contributed by atoms with Gasteiger partial charge >= 0.3 is 0 Å². The third-order valence-electron chi connectivity index (χ3n) is 3.99. The van der Waals surface area contributed by atoms with Crippen molar-refractivity contribution in [3.8, 4) is 0 Å². The first kappa shape index (κ1) is 17.0. The number of fused-ring (bicyclic) bond motifs is 1. The molecule has 0 fully saturated rings. The highest BCUT2D eigenvalue weighted by Crippen LogP contribution is 2.38. The van der Waals surface area contributed by atoms with E-state index in [9.17, 15) is 9.59 Å². The molecule has 1 aliphatic rings. The molecule has 0 atom stereocenters. The van der Waals surface area contributed by atoms with Crippen molar-refractivity contribution >= 4 is 39.9 Å². The number of carbonyl (C=O) groups is 2. The number of thiophene rings is 1. The molecule has 0 bridgehead atoms. The largest absolute Gasteiger partial charge is 0.365 e. The monoisotopic (exact) mass is 365 g/mol. The number of nitrogens with two attached hydrogens (primary N) is 1. The highest BCUT2D eigenvalue weighted by atomic mass is 32.2. The second kappa shape index (κ2) is 6.94. The summed E-state index contributed by atoms with van der Waals surface area (Å²) in [4.78, 5) is 25.1. The lowest BCUT2D eigenvalue weighted by molar-refractivity contribution is -0.113. The zero-order chi connectivity index (χ0) is 17.3. The summed E-state index contributed by atoms with van der Waals surface area (Å²) in [5.41, 5.74) is 6.99. The van der Waals surface area contributed by atoms with Crippen LogP contribution in [0, 0.1) is 0 Å². The Bertz CT molecular complexity index is 796. The highest BCUT2D eigenvalue weighted by Gasteiger charge is 2.26. The molecule has 2 heterocycles. The molecular formula is C15H19N5O2S2. The van der Waals surface area contributed by atoms with Gasteiger partial charge in [-0.2, -0.15) is 0 Å². The quantitative estimate of drug-likeness (QED) is 0.759. The van der Waals surface area contributed by atoms with E-state index in [1.165, 1.54) is 23.1 Å². The van der Waals surface area contributed by atoms with Crippen LogP contribution in [0.25, 0.3) is 0 Å². The number of primary amides is 1. The first-order valence-corrected chi connectivity index (χ1v) is 9.56. The fourth-order valence-electron chi connectivity index (χ4n) is 2.82. The summed E-state index contributed by atoms with van der Waals surface area (Å²) in [5, 5.41) is 12.3. The Labute approximate surface area is 148 Å². The molecule has 2 aromatic rings. The van der Waals surface area contributed by atoms with Gasteiger partial charge in [-0.15, -0.1) is 21.5 Å². The van der Waals surface area contributed by atoms with Gasteiger partial charge in [-0.3, -0.25) is 9.59 Å². The lowest BCUT2D eigenvalue weighted by atomic mass is 10.1. The SMILES string of the molecule is CCc1nnc(SCC(=O)Nc2sc3c(c2C(N)=O)CCC3)n1C. The summed E-state index contributed by atoms with van der Waals surface area (Å²) < 4.78 is 1.88. The zero-order valence-corrected chi connectivity index (χ0v) is 15.2. The molecule has 24 heavy (non-hydrogen) atoms. The molecule has 0 unspecified atom stereocenters. The predicted molar refractivity (Wildman–Crippen MR) is 94.6 cm³/mol. The number of nitrogens with zero attached hydrogens (tertiary/aromatic N) is 3. The van der Waals surface area contributed by atoms with Crippen molar-refractivity contribution in [1.29, 1.82) is 0 Å². The van der Waals surface area contributed by atoms with Crippen LogP contribution >= 0.6 is 23.1 Å². The predicted octanol–water partition coefficient (Wildman–Crippen LogP) is 1.76. The van der Waals surface area contributed by atoms with E-state index in [1.807, 2.05) is 18.5 Å². The van der Waals surface area contributed by atoms with E-state index in [-0.39, 0.29) is 11.7 Å². The second-order valence-electron chi connectivity index (χ2n) is 5.57. The number of carbonyl (C=O) groups excluding carboxylic acids is 2. The number of amides is 2. The average Bonchev–Trinajstić information content (AvgIpc) is 3.19. The number of thioether (sulfide) groups is 1. The van der Waals surface area contributed by atoms with E-state index in [2.05, 4.69) is 15.5 Å². The molecule has 2 amide bonds. The molecule has 0 saturated carbocycles. The van der Waals surface area contributed by atoms with E-state index < -0.39 is 5.91 Å². The van der Waals surface area contributed by atoms with Crippen molar-refractivity contribution in [2.45, 2.75) is 37.8 Å². The molecule has 0 aromatic carbocycles. The lowest BCUT2D eigenvalue weighted by Gasteiger charge is -2.06. The second-order valence-corrected chi connectivity index (χ2v) is 7.62. The fourth-order valence-corrected chi connectivity index (χ4v) is 4.87. The lowest BCUT2D eigenvalue weighted by Crippen LogP contribution is -2.19. The molecule has 3 N–H and O–H groups in total. The summed E-state index contributed by atoms with van der Waals surface area (Å²) in [6.45, 7) is 2.01. The smallest absolute Gasteiger partial charge is 0.251 e. The maximum absolute atomic E-state index is 12.2. The minimum atomic E-state index is -0.474. The van der Waals surface area contributed by atoms with Crippen LogP contribution in [0.3, 0.4) is 0 Å². The Morgan fingerprint density at radius 2 is 2.17 bits per heavy atom. The normalized spacial score (nSPS) is 13.1. The van der Waals surface area contributed by atoms with E-state index in [1.54, 1.807) is 0 Å². The fraction of sp³-hybridized carbons (Fsp3) is 0.467. The molecule has 0 aliphatic heterocycles. The van der Waals surface area contributed by atoms with Gasteiger partial charge in [0.15, 0.2) is 5.16 Å². The molecule has 0 saturated heterocycles. The summed E-state index contributed by atoms with van der Waals surface area (Å²) >= 11 is 2.78. The molecule has 0 radical (unpaired) electrons. The van der Waals surface area contributed by atoms with Crippen LogP contribution in [0.1, 0.15) is 40.0 Å². The van der Waals surface area contributed by atoms with Gasteiger partial charge in [0, 0.05) is 18.3 Å². The average molecular weight is 365 g/mol. The van der Waals surface area contributed by atoms with Gasteiger partial charge in [0.1, 0.15) is 10.8 Å². The van der Waals surface area contributed by atoms with Crippen LogP contribution in [0.5, 0.6) is 0 Å². The number of hydrogen-bond acceptors (Lipinski definition) is 6. The number of aromatic nitrogens is 3. The summed E-state index contributed by atoms with van der Waals surface area (Å²) in [6.07, 6.45) is 3.63.